The molecule has 1 aliphatic rings. The second kappa shape index (κ2) is 6.40. The van der Waals surface area contributed by atoms with Gasteiger partial charge in [-0.15, -0.1) is 0 Å². The number of rotatable bonds is 4. The Labute approximate surface area is 155 Å². The summed E-state index contributed by atoms with van der Waals surface area (Å²) in [6.45, 7) is 3.25. The van der Waals surface area contributed by atoms with E-state index >= 15 is 0 Å². The molecule has 8 heteroatoms. The highest BCUT2D eigenvalue weighted by molar-refractivity contribution is 7.96. The molecule has 0 unspecified atom stereocenters. The Morgan fingerprint density at radius 3 is 2.96 bits per heavy atom. The third kappa shape index (κ3) is 3.03. The summed E-state index contributed by atoms with van der Waals surface area (Å²) in [5.41, 5.74) is 3.30. The van der Waals surface area contributed by atoms with Crippen LogP contribution in [0.25, 0.3) is 16.7 Å². The smallest absolute Gasteiger partial charge is 0.245 e. The van der Waals surface area contributed by atoms with Crippen LogP contribution in [0.15, 0.2) is 30.5 Å². The van der Waals surface area contributed by atoms with Crippen LogP contribution in [0.5, 0.6) is 0 Å². The number of amides is 1. The molecular weight excluding hydrogens is 358 g/mol. The van der Waals surface area contributed by atoms with Crippen LogP contribution in [-0.2, 0) is 18.3 Å². The highest BCUT2D eigenvalue weighted by Gasteiger charge is 2.22. The van der Waals surface area contributed by atoms with E-state index in [2.05, 4.69) is 26.7 Å². The van der Waals surface area contributed by atoms with Gasteiger partial charge in [-0.05, 0) is 37.6 Å². The van der Waals surface area contributed by atoms with Gasteiger partial charge >= 0.3 is 0 Å². The lowest BCUT2D eigenvalue weighted by Gasteiger charge is -2.13. The fourth-order valence-corrected chi connectivity index (χ4v) is 4.12. The second-order valence-electron chi connectivity index (χ2n) is 6.13. The lowest BCUT2D eigenvalue weighted by molar-refractivity contribution is -0.118. The van der Waals surface area contributed by atoms with Gasteiger partial charge in [0, 0.05) is 47.9 Å². The summed E-state index contributed by atoms with van der Waals surface area (Å²) < 4.78 is 8.87. The molecule has 4 rings (SSSR count). The quantitative estimate of drug-likeness (QED) is 0.712. The zero-order valence-corrected chi connectivity index (χ0v) is 15.6. The van der Waals surface area contributed by atoms with E-state index in [0.717, 1.165) is 40.4 Å². The lowest BCUT2D eigenvalue weighted by Crippen LogP contribution is -2.19. The molecule has 3 aromatic rings. The van der Waals surface area contributed by atoms with Crippen molar-refractivity contribution in [2.24, 2.45) is 7.05 Å². The number of hydrogen-bond donors (Lipinski definition) is 1. The minimum Gasteiger partial charge on any atom is -0.301 e. The standard InChI is InChI=1S/C17H18ClN5OS/c1-11-14(6-7-22-10-16(24)20-25-22)17(21(2)19-11)23-8-5-12-9-13(18)3-4-15(12)23/h3-5,8-9H,6-7,10H2,1-2H3,(H,20,24). The maximum Gasteiger partial charge on any atom is 0.245 e. The number of aromatic nitrogens is 3. The maximum absolute atomic E-state index is 11.4. The van der Waals surface area contributed by atoms with E-state index < -0.39 is 0 Å². The first-order valence-corrected chi connectivity index (χ1v) is 9.18. The summed E-state index contributed by atoms with van der Waals surface area (Å²) in [5.74, 6) is 1.11. The van der Waals surface area contributed by atoms with Crippen LogP contribution in [0.4, 0.5) is 0 Å². The summed E-state index contributed by atoms with van der Waals surface area (Å²) in [5, 5.41) is 6.44. The summed E-state index contributed by atoms with van der Waals surface area (Å²) in [7, 11) is 1.96. The number of benzene rings is 1. The molecule has 1 saturated heterocycles. The van der Waals surface area contributed by atoms with Crippen LogP contribution >= 0.6 is 23.7 Å². The molecule has 1 amide bonds. The second-order valence-corrected chi connectivity index (χ2v) is 7.47. The van der Waals surface area contributed by atoms with Crippen LogP contribution in [0.2, 0.25) is 5.02 Å². The third-order valence-electron chi connectivity index (χ3n) is 4.41. The number of nitrogens with one attached hydrogen (secondary N) is 1. The van der Waals surface area contributed by atoms with Gasteiger partial charge in [-0.1, -0.05) is 11.6 Å². The summed E-state index contributed by atoms with van der Waals surface area (Å²) in [6, 6.07) is 7.96. The molecule has 2 aromatic heterocycles. The Hall–Kier alpha value is -1.96. The van der Waals surface area contributed by atoms with Crippen molar-refractivity contribution < 1.29 is 4.79 Å². The molecule has 25 heavy (non-hydrogen) atoms. The molecule has 1 aliphatic heterocycles. The molecule has 0 bridgehead atoms. The van der Waals surface area contributed by atoms with E-state index in [9.17, 15) is 4.79 Å². The normalized spacial score (nSPS) is 15.2. The Balaban J connectivity index is 1.70. The van der Waals surface area contributed by atoms with Crippen molar-refractivity contribution in [2.45, 2.75) is 13.3 Å². The van der Waals surface area contributed by atoms with E-state index in [4.69, 9.17) is 11.6 Å². The SMILES string of the molecule is Cc1nn(C)c(-n2ccc3cc(Cl)ccc32)c1CCN1CC(=O)NS1. The van der Waals surface area contributed by atoms with E-state index in [1.165, 1.54) is 17.7 Å². The largest absolute Gasteiger partial charge is 0.301 e. The van der Waals surface area contributed by atoms with Gasteiger partial charge in [0.15, 0.2) is 0 Å². The van der Waals surface area contributed by atoms with Crippen molar-refractivity contribution >= 4 is 40.5 Å². The van der Waals surface area contributed by atoms with Crippen LogP contribution in [0.1, 0.15) is 11.3 Å². The molecule has 0 saturated carbocycles. The zero-order chi connectivity index (χ0) is 17.6. The molecule has 3 heterocycles. The average molecular weight is 376 g/mol. The Morgan fingerprint density at radius 2 is 2.20 bits per heavy atom. The molecule has 0 spiro atoms. The van der Waals surface area contributed by atoms with E-state index in [1.54, 1.807) is 0 Å². The Morgan fingerprint density at radius 1 is 1.36 bits per heavy atom. The van der Waals surface area contributed by atoms with Crippen molar-refractivity contribution in [1.29, 1.82) is 0 Å². The molecule has 130 valence electrons. The Kier molecular flexibility index (Phi) is 4.23. The number of fused-ring (bicyclic) bond motifs is 1. The average Bonchev–Trinajstić information content (AvgIpc) is 3.23. The van der Waals surface area contributed by atoms with Crippen LogP contribution in [-0.4, -0.2) is 37.6 Å². The molecule has 0 aliphatic carbocycles. The molecular formula is C17H18ClN5OS. The first-order chi connectivity index (χ1) is 12.0. The third-order valence-corrected chi connectivity index (χ3v) is 5.54. The number of aryl methyl sites for hydroxylation is 2. The summed E-state index contributed by atoms with van der Waals surface area (Å²) in [6.07, 6.45) is 2.88. The van der Waals surface area contributed by atoms with Crippen molar-refractivity contribution in [3.05, 3.63) is 46.7 Å². The van der Waals surface area contributed by atoms with Crippen molar-refractivity contribution in [3.8, 4) is 5.82 Å². The molecule has 0 radical (unpaired) electrons. The molecule has 0 atom stereocenters. The number of nitrogens with zero attached hydrogens (tertiary/aromatic N) is 4. The number of halogens is 1. The van der Waals surface area contributed by atoms with Gasteiger partial charge < -0.3 is 4.57 Å². The van der Waals surface area contributed by atoms with Gasteiger partial charge in [-0.3, -0.25) is 14.2 Å². The summed E-state index contributed by atoms with van der Waals surface area (Å²) >= 11 is 7.48. The highest BCUT2D eigenvalue weighted by Crippen LogP contribution is 2.27. The Bertz CT molecular complexity index is 964. The first kappa shape index (κ1) is 16.5. The zero-order valence-electron chi connectivity index (χ0n) is 14.0. The van der Waals surface area contributed by atoms with E-state index in [1.807, 2.05) is 41.2 Å². The molecule has 6 nitrogen and oxygen atoms in total. The van der Waals surface area contributed by atoms with Gasteiger partial charge in [0.25, 0.3) is 0 Å². The van der Waals surface area contributed by atoms with Gasteiger partial charge in [0.2, 0.25) is 5.91 Å². The first-order valence-electron chi connectivity index (χ1n) is 8.03. The number of hydrogen-bond acceptors (Lipinski definition) is 4. The summed E-state index contributed by atoms with van der Waals surface area (Å²) in [4.78, 5) is 11.4. The van der Waals surface area contributed by atoms with Crippen molar-refractivity contribution in [2.75, 3.05) is 13.1 Å². The van der Waals surface area contributed by atoms with E-state index in [0.29, 0.717) is 6.54 Å². The van der Waals surface area contributed by atoms with Crippen LogP contribution in [0.3, 0.4) is 0 Å². The highest BCUT2D eigenvalue weighted by atomic mass is 35.5. The minimum absolute atomic E-state index is 0.0569. The van der Waals surface area contributed by atoms with Crippen molar-refractivity contribution in [3.63, 3.8) is 0 Å². The number of carbonyl (C=O) groups excluding carboxylic acids is 1. The van der Waals surface area contributed by atoms with Crippen molar-refractivity contribution in [1.82, 2.24) is 23.4 Å². The topological polar surface area (TPSA) is 55.1 Å². The lowest BCUT2D eigenvalue weighted by atomic mass is 10.1. The predicted molar refractivity (Wildman–Crippen MR) is 101 cm³/mol. The van der Waals surface area contributed by atoms with Crippen LogP contribution < -0.4 is 4.72 Å². The van der Waals surface area contributed by atoms with E-state index in [-0.39, 0.29) is 5.91 Å². The maximum atomic E-state index is 11.4. The molecule has 1 N–H and O–H groups in total. The molecule has 1 aromatic carbocycles. The fourth-order valence-electron chi connectivity index (χ4n) is 3.28. The van der Waals surface area contributed by atoms with Gasteiger partial charge in [0.1, 0.15) is 5.82 Å². The fraction of sp³-hybridized carbons (Fsp3) is 0.294. The monoisotopic (exact) mass is 375 g/mol. The number of carbonyl (C=O) groups is 1. The van der Waals surface area contributed by atoms with Gasteiger partial charge in [-0.2, -0.15) is 5.10 Å². The van der Waals surface area contributed by atoms with Gasteiger partial charge in [-0.25, -0.2) is 4.31 Å². The predicted octanol–water partition coefficient (Wildman–Crippen LogP) is 2.86. The van der Waals surface area contributed by atoms with Gasteiger partial charge in [0.05, 0.1) is 17.8 Å². The van der Waals surface area contributed by atoms with Crippen LogP contribution in [0, 0.1) is 6.92 Å². The minimum atomic E-state index is 0.0569. The molecule has 1 fully saturated rings.